The van der Waals surface area contributed by atoms with E-state index in [1.165, 1.54) is 28.7 Å². The maximum atomic E-state index is 8.28. The fourth-order valence-electron chi connectivity index (χ4n) is 7.82. The van der Waals surface area contributed by atoms with Crippen molar-refractivity contribution in [3.63, 3.8) is 0 Å². The third-order valence-corrected chi connectivity index (χ3v) is 10.9. The van der Waals surface area contributed by atoms with Gasteiger partial charge in [0.25, 0.3) is 0 Å². The van der Waals surface area contributed by atoms with Crippen molar-refractivity contribution in [2.45, 2.75) is 59.2 Å². The summed E-state index contributed by atoms with van der Waals surface area (Å²) in [6.45, 7) is 12.0. The van der Waals surface area contributed by atoms with Gasteiger partial charge in [0, 0.05) is 44.6 Å². The molecule has 0 unspecified atom stereocenters. The molecule has 0 amide bonds. The highest BCUT2D eigenvalue weighted by Crippen LogP contribution is 2.46. The Bertz CT molecular complexity index is 2830. The van der Waals surface area contributed by atoms with Gasteiger partial charge in [-0.25, -0.2) is 4.98 Å². The predicted octanol–water partition coefficient (Wildman–Crippen LogP) is 13.8. The zero-order chi connectivity index (χ0) is 41.3. The van der Waals surface area contributed by atoms with Gasteiger partial charge in [-0.15, -0.1) is 0 Å². The van der Waals surface area contributed by atoms with Gasteiger partial charge in [-0.3, -0.25) is 4.57 Å². The van der Waals surface area contributed by atoms with Crippen molar-refractivity contribution >= 4 is 44.6 Å². The summed E-state index contributed by atoms with van der Waals surface area (Å²) in [4.78, 5) is 9.54. The SMILES string of the molecule is [2H]C([2H])([2H])c1cnc(-n2c3ccccc3c3ccc(Oc4cccc(N5CN(c6cc(C(C)(C)C)cc(C(C)(C)C)c6)c6ccccc65)c4)cc32)cc1-c1ccccc1. The van der Waals surface area contributed by atoms with Crippen molar-refractivity contribution in [3.05, 3.63) is 168 Å². The highest BCUT2D eigenvalue weighted by molar-refractivity contribution is 6.09. The standard InChI is InChI=1S/C51H48N4O/c1-34-32-52-49(31-44(34)35-16-9-8-10-17-35)55-45-21-12-11-20-42(45)43-25-24-41(30-48(43)55)56-40-19-15-18-38(29-40)53-33-54(47-23-14-13-22-46(47)53)39-27-36(50(2,3)4)26-37(28-39)51(5,6)7/h8-32H,33H2,1-7H3/i1D3. The van der Waals surface area contributed by atoms with E-state index in [2.05, 4.69) is 129 Å². The molecule has 278 valence electrons. The first kappa shape index (κ1) is 32.0. The van der Waals surface area contributed by atoms with Gasteiger partial charge < -0.3 is 14.5 Å². The summed E-state index contributed by atoms with van der Waals surface area (Å²) in [5, 5.41) is 2.11. The molecule has 56 heavy (non-hydrogen) atoms. The average Bonchev–Trinajstić information content (AvgIpc) is 3.76. The highest BCUT2D eigenvalue weighted by Gasteiger charge is 2.30. The molecule has 0 fully saturated rings. The second kappa shape index (κ2) is 13.5. The second-order valence-electron chi connectivity index (χ2n) is 16.8. The van der Waals surface area contributed by atoms with Crippen LogP contribution in [0.1, 0.15) is 62.3 Å². The number of aromatic nitrogens is 2. The van der Waals surface area contributed by atoms with Crippen LogP contribution in [0, 0.1) is 6.85 Å². The largest absolute Gasteiger partial charge is 0.457 e. The smallest absolute Gasteiger partial charge is 0.138 e. The van der Waals surface area contributed by atoms with Crippen molar-refractivity contribution in [3.8, 4) is 28.4 Å². The van der Waals surface area contributed by atoms with Crippen LogP contribution >= 0.6 is 0 Å². The van der Waals surface area contributed by atoms with Crippen LogP contribution in [0.5, 0.6) is 11.5 Å². The first-order chi connectivity index (χ1) is 28.1. The number of ether oxygens (including phenoxy) is 1. The first-order valence-electron chi connectivity index (χ1n) is 20.8. The van der Waals surface area contributed by atoms with Gasteiger partial charge >= 0.3 is 0 Å². The van der Waals surface area contributed by atoms with Crippen molar-refractivity contribution in [1.29, 1.82) is 0 Å². The molecule has 1 aliphatic rings. The van der Waals surface area contributed by atoms with Crippen molar-refractivity contribution in [1.82, 2.24) is 9.55 Å². The Kier molecular flexibility index (Phi) is 7.68. The van der Waals surface area contributed by atoms with Crippen LogP contribution in [-0.2, 0) is 10.8 Å². The van der Waals surface area contributed by atoms with E-state index in [0.717, 1.165) is 44.5 Å². The third-order valence-electron chi connectivity index (χ3n) is 10.9. The molecule has 6 aromatic carbocycles. The van der Waals surface area contributed by atoms with E-state index in [-0.39, 0.29) is 16.4 Å². The Morgan fingerprint density at radius 2 is 1.21 bits per heavy atom. The molecular formula is C51H48N4O. The molecule has 1 aliphatic heterocycles. The summed E-state index contributed by atoms with van der Waals surface area (Å²) >= 11 is 0. The van der Waals surface area contributed by atoms with Gasteiger partial charge in [-0.1, -0.05) is 114 Å². The minimum absolute atomic E-state index is 0.00388. The van der Waals surface area contributed by atoms with Crippen molar-refractivity contribution in [2.75, 3.05) is 16.5 Å². The molecule has 0 N–H and O–H groups in total. The maximum Gasteiger partial charge on any atom is 0.138 e. The first-order valence-corrected chi connectivity index (χ1v) is 19.3. The summed E-state index contributed by atoms with van der Waals surface area (Å²) in [6.07, 6.45) is 1.50. The quantitative estimate of drug-likeness (QED) is 0.170. The fourth-order valence-corrected chi connectivity index (χ4v) is 7.82. The Hall–Kier alpha value is -6.33. The van der Waals surface area contributed by atoms with Gasteiger partial charge in [0.2, 0.25) is 0 Å². The van der Waals surface area contributed by atoms with Crippen LogP contribution < -0.4 is 14.5 Å². The van der Waals surface area contributed by atoms with E-state index in [9.17, 15) is 0 Å². The summed E-state index contributed by atoms with van der Waals surface area (Å²) in [6, 6.07) is 49.9. The average molecular weight is 736 g/mol. The molecule has 0 radical (unpaired) electrons. The lowest BCUT2D eigenvalue weighted by molar-refractivity contribution is 0.483. The second-order valence-corrected chi connectivity index (χ2v) is 16.8. The van der Waals surface area contributed by atoms with Crippen LogP contribution in [0.4, 0.5) is 22.7 Å². The summed E-state index contributed by atoms with van der Waals surface area (Å²) in [5.41, 5.74) is 10.7. The molecule has 0 atom stereocenters. The number of anilines is 4. The lowest BCUT2D eigenvalue weighted by atomic mass is 9.80. The number of para-hydroxylation sites is 3. The molecule has 0 spiro atoms. The summed E-state index contributed by atoms with van der Waals surface area (Å²) in [5.74, 6) is 2.03. The van der Waals surface area contributed by atoms with E-state index in [4.69, 9.17) is 13.8 Å². The molecule has 5 heteroatoms. The topological polar surface area (TPSA) is 33.5 Å². The van der Waals surface area contributed by atoms with E-state index in [1.54, 1.807) is 0 Å². The number of benzene rings is 6. The summed E-state index contributed by atoms with van der Waals surface area (Å²) < 4.78 is 33.6. The summed E-state index contributed by atoms with van der Waals surface area (Å²) in [7, 11) is 0. The molecule has 5 nitrogen and oxygen atoms in total. The predicted molar refractivity (Wildman–Crippen MR) is 235 cm³/mol. The van der Waals surface area contributed by atoms with Gasteiger partial charge in [0.1, 0.15) is 24.0 Å². The Labute approximate surface area is 334 Å². The van der Waals surface area contributed by atoms with Crippen LogP contribution in [0.3, 0.4) is 0 Å². The fraction of sp³-hybridized carbons (Fsp3) is 0.196. The minimum Gasteiger partial charge on any atom is -0.457 e. The number of hydrogen-bond acceptors (Lipinski definition) is 4. The third kappa shape index (κ3) is 6.37. The van der Waals surface area contributed by atoms with Gasteiger partial charge in [-0.05, 0) is 106 Å². The van der Waals surface area contributed by atoms with Crippen LogP contribution in [0.25, 0.3) is 38.8 Å². The lowest BCUT2D eigenvalue weighted by Crippen LogP contribution is -2.25. The lowest BCUT2D eigenvalue weighted by Gasteiger charge is -2.29. The normalized spacial score (nSPS) is 14.1. The molecule has 0 saturated carbocycles. The molecule has 0 aliphatic carbocycles. The molecular weight excluding hydrogens is 685 g/mol. The highest BCUT2D eigenvalue weighted by atomic mass is 16.5. The van der Waals surface area contributed by atoms with E-state index in [0.29, 0.717) is 23.8 Å². The number of rotatable bonds is 6. The number of nitrogens with zero attached hydrogens (tertiary/aromatic N) is 4. The zero-order valence-electron chi connectivity index (χ0n) is 35.8. The van der Waals surface area contributed by atoms with E-state index in [1.807, 2.05) is 72.8 Å². The Morgan fingerprint density at radius 1 is 0.571 bits per heavy atom. The molecule has 3 heterocycles. The van der Waals surface area contributed by atoms with Gasteiger partial charge in [0.05, 0.1) is 22.4 Å². The van der Waals surface area contributed by atoms with E-state index >= 15 is 0 Å². The number of fused-ring (bicyclic) bond motifs is 4. The van der Waals surface area contributed by atoms with Crippen LogP contribution in [0.2, 0.25) is 0 Å². The van der Waals surface area contributed by atoms with Gasteiger partial charge in [0.15, 0.2) is 0 Å². The Balaban J connectivity index is 1.09. The van der Waals surface area contributed by atoms with Crippen molar-refractivity contribution < 1.29 is 8.85 Å². The van der Waals surface area contributed by atoms with E-state index < -0.39 is 6.85 Å². The van der Waals surface area contributed by atoms with Crippen LogP contribution in [0.15, 0.2) is 152 Å². The maximum absolute atomic E-state index is 8.28. The van der Waals surface area contributed by atoms with Crippen molar-refractivity contribution in [2.24, 2.45) is 0 Å². The van der Waals surface area contributed by atoms with Crippen LogP contribution in [-0.4, -0.2) is 16.2 Å². The zero-order valence-corrected chi connectivity index (χ0v) is 32.8. The molecule has 0 saturated heterocycles. The number of pyridine rings is 1. The monoisotopic (exact) mass is 735 g/mol. The number of hydrogen-bond donors (Lipinski definition) is 0. The number of aryl methyl sites for hydroxylation is 1. The molecule has 2 aromatic heterocycles. The molecule has 8 aromatic rings. The molecule has 9 rings (SSSR count). The molecule has 0 bridgehead atoms. The van der Waals surface area contributed by atoms with Gasteiger partial charge in [-0.2, -0.15) is 0 Å². The Morgan fingerprint density at radius 3 is 1.93 bits per heavy atom. The minimum atomic E-state index is -2.32.